The highest BCUT2D eigenvalue weighted by Crippen LogP contribution is 2.41. The molecule has 0 bridgehead atoms. The highest BCUT2D eigenvalue weighted by atomic mass is 32.1. The molecule has 7 heteroatoms. The van der Waals surface area contributed by atoms with E-state index in [4.69, 9.17) is 0 Å². The molecule has 0 N–H and O–H groups in total. The normalized spacial score (nSPS) is 21.2. The molecule has 2 aliphatic heterocycles. The summed E-state index contributed by atoms with van der Waals surface area (Å²) in [5.41, 5.74) is 1.71. The fourth-order valence-corrected chi connectivity index (χ4v) is 5.84. The Bertz CT molecular complexity index is 782. The SMILES string of the molecule is CN1CC(=O)N(C)c2sc3c(c2C1=O)CCN(C(=O)CC1CCCCC1)C3. The number of fused-ring (bicyclic) bond motifs is 3. The first-order valence-electron chi connectivity index (χ1n) is 9.90. The number of anilines is 1. The molecule has 0 atom stereocenters. The number of amides is 3. The lowest BCUT2D eigenvalue weighted by molar-refractivity contribution is -0.133. The predicted octanol–water partition coefficient (Wildman–Crippen LogP) is 2.65. The first-order chi connectivity index (χ1) is 13.0. The summed E-state index contributed by atoms with van der Waals surface area (Å²) >= 11 is 1.50. The molecule has 3 amide bonds. The van der Waals surface area contributed by atoms with E-state index in [9.17, 15) is 14.4 Å². The van der Waals surface area contributed by atoms with Crippen molar-refractivity contribution in [3.05, 3.63) is 16.0 Å². The van der Waals surface area contributed by atoms with Gasteiger partial charge in [0.2, 0.25) is 11.8 Å². The topological polar surface area (TPSA) is 60.9 Å². The van der Waals surface area contributed by atoms with Crippen LogP contribution < -0.4 is 4.90 Å². The van der Waals surface area contributed by atoms with E-state index >= 15 is 0 Å². The zero-order chi connectivity index (χ0) is 19.1. The van der Waals surface area contributed by atoms with E-state index in [1.807, 2.05) is 4.90 Å². The van der Waals surface area contributed by atoms with Crippen molar-refractivity contribution in [1.82, 2.24) is 9.80 Å². The molecule has 1 aliphatic carbocycles. The first kappa shape index (κ1) is 18.5. The molecule has 1 saturated carbocycles. The van der Waals surface area contributed by atoms with Crippen molar-refractivity contribution in [2.24, 2.45) is 5.92 Å². The van der Waals surface area contributed by atoms with Crippen molar-refractivity contribution in [3.63, 3.8) is 0 Å². The zero-order valence-electron chi connectivity index (χ0n) is 16.1. The van der Waals surface area contributed by atoms with Crippen LogP contribution >= 0.6 is 11.3 Å². The lowest BCUT2D eigenvalue weighted by atomic mass is 9.86. The second-order valence-electron chi connectivity index (χ2n) is 8.07. The molecular weight excluding hydrogens is 362 g/mol. The number of thiophene rings is 1. The fourth-order valence-electron chi connectivity index (χ4n) is 4.51. The molecule has 0 saturated heterocycles. The quantitative estimate of drug-likeness (QED) is 0.781. The summed E-state index contributed by atoms with van der Waals surface area (Å²) in [4.78, 5) is 44.0. The van der Waals surface area contributed by atoms with E-state index in [1.165, 1.54) is 48.3 Å². The third-order valence-corrected chi connectivity index (χ3v) is 7.48. The van der Waals surface area contributed by atoms with Gasteiger partial charge >= 0.3 is 0 Å². The van der Waals surface area contributed by atoms with Crippen molar-refractivity contribution < 1.29 is 14.4 Å². The Morgan fingerprint density at radius 1 is 1.11 bits per heavy atom. The molecule has 0 aromatic carbocycles. The van der Waals surface area contributed by atoms with Crippen molar-refractivity contribution in [2.45, 2.75) is 51.5 Å². The van der Waals surface area contributed by atoms with Crippen LogP contribution in [0.4, 0.5) is 5.00 Å². The van der Waals surface area contributed by atoms with Crippen LogP contribution in [0.3, 0.4) is 0 Å². The van der Waals surface area contributed by atoms with Crippen LogP contribution in [0.5, 0.6) is 0 Å². The second kappa shape index (κ2) is 7.26. The summed E-state index contributed by atoms with van der Waals surface area (Å²) in [6, 6.07) is 0. The smallest absolute Gasteiger partial charge is 0.257 e. The molecule has 1 aromatic rings. The molecule has 0 unspecified atom stereocenters. The highest BCUT2D eigenvalue weighted by molar-refractivity contribution is 7.17. The molecule has 27 heavy (non-hydrogen) atoms. The van der Waals surface area contributed by atoms with Crippen molar-refractivity contribution in [3.8, 4) is 0 Å². The van der Waals surface area contributed by atoms with Gasteiger partial charge in [0.25, 0.3) is 5.91 Å². The van der Waals surface area contributed by atoms with E-state index < -0.39 is 0 Å². The molecule has 4 rings (SSSR count). The average molecular weight is 390 g/mol. The van der Waals surface area contributed by atoms with Crippen LogP contribution in [0, 0.1) is 5.92 Å². The van der Waals surface area contributed by atoms with E-state index in [2.05, 4.69) is 0 Å². The Labute approximate surface area is 164 Å². The van der Waals surface area contributed by atoms with Crippen molar-refractivity contribution >= 4 is 34.1 Å². The standard InChI is InChI=1S/C20H27N3O3S/c1-21-12-17(25)22(2)20-18(19(21)26)14-8-9-23(11-15(14)27-20)16(24)10-13-6-4-3-5-7-13/h13H,3-12H2,1-2H3. The molecule has 146 valence electrons. The Morgan fingerprint density at radius 3 is 2.59 bits per heavy atom. The number of hydrogen-bond acceptors (Lipinski definition) is 4. The van der Waals surface area contributed by atoms with Crippen LogP contribution in [0.25, 0.3) is 0 Å². The Morgan fingerprint density at radius 2 is 1.85 bits per heavy atom. The fraction of sp³-hybridized carbons (Fsp3) is 0.650. The van der Waals surface area contributed by atoms with Gasteiger partial charge in [-0.1, -0.05) is 19.3 Å². The van der Waals surface area contributed by atoms with Gasteiger partial charge in [-0.05, 0) is 30.7 Å². The summed E-state index contributed by atoms with van der Waals surface area (Å²) in [6.07, 6.45) is 7.48. The minimum atomic E-state index is -0.0813. The van der Waals surface area contributed by atoms with Crippen LogP contribution in [-0.4, -0.2) is 54.7 Å². The van der Waals surface area contributed by atoms with E-state index in [1.54, 1.807) is 19.0 Å². The Kier molecular flexibility index (Phi) is 4.97. The van der Waals surface area contributed by atoms with Crippen LogP contribution in [0.15, 0.2) is 0 Å². The van der Waals surface area contributed by atoms with Gasteiger partial charge in [-0.25, -0.2) is 0 Å². The molecule has 6 nitrogen and oxygen atoms in total. The third-order valence-electron chi connectivity index (χ3n) is 6.19. The maximum atomic E-state index is 12.8. The number of hydrogen-bond donors (Lipinski definition) is 0. The number of carbonyl (C=O) groups is 3. The molecule has 3 heterocycles. The van der Waals surface area contributed by atoms with Gasteiger partial charge in [0.15, 0.2) is 0 Å². The minimum absolute atomic E-state index is 0.0755. The summed E-state index contributed by atoms with van der Waals surface area (Å²) in [5.74, 6) is 0.617. The van der Waals surface area contributed by atoms with Crippen molar-refractivity contribution in [2.75, 3.05) is 32.1 Å². The van der Waals surface area contributed by atoms with E-state index in [-0.39, 0.29) is 24.3 Å². The molecule has 3 aliphatic rings. The number of carbonyl (C=O) groups excluding carboxylic acids is 3. The molecule has 0 spiro atoms. The van der Waals surface area contributed by atoms with E-state index in [0.717, 1.165) is 15.4 Å². The van der Waals surface area contributed by atoms with Crippen LogP contribution in [-0.2, 0) is 22.6 Å². The van der Waals surface area contributed by atoms with Gasteiger partial charge in [-0.15, -0.1) is 11.3 Å². The first-order valence-corrected chi connectivity index (χ1v) is 10.7. The Balaban J connectivity index is 1.55. The van der Waals surface area contributed by atoms with Gasteiger partial charge in [0.1, 0.15) is 11.5 Å². The summed E-state index contributed by atoms with van der Waals surface area (Å²) < 4.78 is 0. The van der Waals surface area contributed by atoms with Crippen LogP contribution in [0.2, 0.25) is 0 Å². The van der Waals surface area contributed by atoms with Gasteiger partial charge in [0.05, 0.1) is 12.1 Å². The van der Waals surface area contributed by atoms with Crippen molar-refractivity contribution in [1.29, 1.82) is 0 Å². The second-order valence-corrected chi connectivity index (χ2v) is 9.15. The molecule has 1 fully saturated rings. The van der Waals surface area contributed by atoms with Gasteiger partial charge in [0, 0.05) is 31.9 Å². The number of nitrogens with zero attached hydrogens (tertiary/aromatic N) is 3. The maximum Gasteiger partial charge on any atom is 0.257 e. The monoisotopic (exact) mass is 389 g/mol. The largest absolute Gasteiger partial charge is 0.337 e. The van der Waals surface area contributed by atoms with Gasteiger partial charge in [-0.3, -0.25) is 14.4 Å². The molecule has 0 radical (unpaired) electrons. The molecule has 1 aromatic heterocycles. The van der Waals surface area contributed by atoms with Crippen LogP contribution in [0.1, 0.15) is 59.3 Å². The lowest BCUT2D eigenvalue weighted by Gasteiger charge is -2.30. The summed E-state index contributed by atoms with van der Waals surface area (Å²) in [7, 11) is 3.41. The average Bonchev–Trinajstić information content (AvgIpc) is 3.02. The number of rotatable bonds is 2. The third kappa shape index (κ3) is 3.37. The van der Waals surface area contributed by atoms with Gasteiger partial charge < -0.3 is 14.7 Å². The molecular formula is C20H27N3O3S. The summed E-state index contributed by atoms with van der Waals surface area (Å²) in [5, 5.41) is 0.737. The lowest BCUT2D eigenvalue weighted by Crippen LogP contribution is -2.37. The number of likely N-dealkylation sites (N-methyl/N-ethyl adjacent to an activating group) is 2. The predicted molar refractivity (Wildman–Crippen MR) is 105 cm³/mol. The Hall–Kier alpha value is -1.89. The van der Waals surface area contributed by atoms with Gasteiger partial charge in [-0.2, -0.15) is 0 Å². The zero-order valence-corrected chi connectivity index (χ0v) is 16.9. The summed E-state index contributed by atoms with van der Waals surface area (Å²) in [6.45, 7) is 1.34. The van der Waals surface area contributed by atoms with E-state index in [0.29, 0.717) is 37.4 Å². The maximum absolute atomic E-state index is 12.8. The highest BCUT2D eigenvalue weighted by Gasteiger charge is 2.36. The minimum Gasteiger partial charge on any atom is -0.337 e.